The third-order valence-electron chi connectivity index (χ3n) is 2.77. The van der Waals surface area contributed by atoms with Crippen molar-refractivity contribution in [2.24, 2.45) is 0 Å². The number of nitrogens with one attached hydrogen (secondary N) is 2. The largest absolute Gasteiger partial charge is 0.469 e. The van der Waals surface area contributed by atoms with E-state index in [1.165, 1.54) is 42.7 Å². The van der Waals surface area contributed by atoms with Crippen LogP contribution in [0.25, 0.3) is 6.08 Å². The fourth-order valence-corrected chi connectivity index (χ4v) is 1.82. The van der Waals surface area contributed by atoms with E-state index in [9.17, 15) is 14.0 Å². The molecule has 0 spiro atoms. The van der Waals surface area contributed by atoms with Gasteiger partial charge in [-0.05, 0) is 36.8 Å². The zero-order valence-electron chi connectivity index (χ0n) is 11.5. The van der Waals surface area contributed by atoms with E-state index in [1.54, 1.807) is 6.92 Å². The second kappa shape index (κ2) is 6.91. The maximum absolute atomic E-state index is 13.0. The third kappa shape index (κ3) is 3.95. The topological polar surface area (TPSA) is 71.3 Å². The van der Waals surface area contributed by atoms with Crippen LogP contribution >= 0.6 is 11.6 Å². The number of hydrazine groups is 1. The smallest absolute Gasteiger partial charge is 0.273 e. The van der Waals surface area contributed by atoms with Crippen LogP contribution < -0.4 is 10.9 Å². The van der Waals surface area contributed by atoms with Crippen molar-refractivity contribution in [2.75, 3.05) is 0 Å². The van der Waals surface area contributed by atoms with Crippen molar-refractivity contribution in [3.05, 3.63) is 64.3 Å². The van der Waals surface area contributed by atoms with Gasteiger partial charge in [0, 0.05) is 6.08 Å². The number of rotatable bonds is 3. The van der Waals surface area contributed by atoms with Crippen LogP contribution in [0.2, 0.25) is 5.02 Å². The first-order valence-corrected chi connectivity index (χ1v) is 6.62. The van der Waals surface area contributed by atoms with Gasteiger partial charge in [0.1, 0.15) is 11.6 Å². The summed E-state index contributed by atoms with van der Waals surface area (Å²) in [7, 11) is 0. The first kappa shape index (κ1) is 15.8. The minimum absolute atomic E-state index is 0.0358. The molecule has 0 bridgehead atoms. The molecule has 1 aromatic carbocycles. The predicted molar refractivity (Wildman–Crippen MR) is 79.5 cm³/mol. The van der Waals surface area contributed by atoms with Gasteiger partial charge in [-0.25, -0.2) is 4.39 Å². The summed E-state index contributed by atoms with van der Waals surface area (Å²) in [5.41, 5.74) is 5.35. The normalized spacial score (nSPS) is 10.7. The van der Waals surface area contributed by atoms with Crippen molar-refractivity contribution < 1.29 is 18.4 Å². The van der Waals surface area contributed by atoms with Crippen molar-refractivity contribution >= 4 is 29.5 Å². The van der Waals surface area contributed by atoms with Crippen molar-refractivity contribution in [3.63, 3.8) is 0 Å². The second-order valence-electron chi connectivity index (χ2n) is 4.34. The van der Waals surface area contributed by atoms with Crippen LogP contribution in [-0.4, -0.2) is 11.8 Å². The predicted octanol–water partition coefficient (Wildman–Crippen LogP) is 2.85. The summed E-state index contributed by atoms with van der Waals surface area (Å²) in [5, 5.41) is -0.0358. The maximum atomic E-state index is 13.0. The Morgan fingerprint density at radius 1 is 1.27 bits per heavy atom. The van der Waals surface area contributed by atoms with Crippen molar-refractivity contribution in [1.82, 2.24) is 10.9 Å². The molecule has 0 aliphatic heterocycles. The second-order valence-corrected chi connectivity index (χ2v) is 4.75. The van der Waals surface area contributed by atoms with Gasteiger partial charge < -0.3 is 4.42 Å². The molecule has 1 aromatic heterocycles. The van der Waals surface area contributed by atoms with Gasteiger partial charge in [0.25, 0.3) is 11.8 Å². The van der Waals surface area contributed by atoms with Crippen LogP contribution in [-0.2, 0) is 4.79 Å². The van der Waals surface area contributed by atoms with Gasteiger partial charge in [-0.15, -0.1) is 0 Å². The van der Waals surface area contributed by atoms with Gasteiger partial charge in [-0.3, -0.25) is 20.4 Å². The highest BCUT2D eigenvalue weighted by atomic mass is 35.5. The number of carbonyl (C=O) groups is 2. The first-order chi connectivity index (χ1) is 10.5. The Labute approximate surface area is 130 Å². The van der Waals surface area contributed by atoms with E-state index in [0.29, 0.717) is 16.9 Å². The molecule has 5 nitrogen and oxygen atoms in total. The van der Waals surface area contributed by atoms with E-state index in [2.05, 4.69) is 10.9 Å². The molecule has 22 heavy (non-hydrogen) atoms. The monoisotopic (exact) mass is 322 g/mol. The van der Waals surface area contributed by atoms with E-state index >= 15 is 0 Å². The molecule has 0 aliphatic rings. The maximum Gasteiger partial charge on any atom is 0.273 e. The summed E-state index contributed by atoms with van der Waals surface area (Å²) >= 11 is 5.63. The Hall–Kier alpha value is -2.60. The van der Waals surface area contributed by atoms with Crippen molar-refractivity contribution in [3.8, 4) is 0 Å². The van der Waals surface area contributed by atoms with Crippen LogP contribution in [0.3, 0.4) is 0 Å². The molecule has 2 rings (SSSR count). The minimum atomic E-state index is -0.546. The molecule has 0 radical (unpaired) electrons. The standard InChI is InChI=1S/C15H12ClFN2O3/c1-9-11(6-7-22-9)15(21)19-18-14(20)5-3-10-2-4-13(17)12(16)8-10/h2-8H,1H3,(H,18,20)(H,19,21)/b5-3+. The molecule has 0 atom stereocenters. The first-order valence-electron chi connectivity index (χ1n) is 6.25. The lowest BCUT2D eigenvalue weighted by molar-refractivity contribution is -0.117. The summed E-state index contributed by atoms with van der Waals surface area (Å²) in [5.74, 6) is -1.12. The molecule has 7 heteroatoms. The highest BCUT2D eigenvalue weighted by Crippen LogP contribution is 2.16. The molecule has 2 amide bonds. The van der Waals surface area contributed by atoms with Gasteiger partial charge in [-0.1, -0.05) is 17.7 Å². The average molecular weight is 323 g/mol. The number of hydrogen-bond donors (Lipinski definition) is 2. The van der Waals surface area contributed by atoms with Crippen LogP contribution in [0.5, 0.6) is 0 Å². The lowest BCUT2D eigenvalue weighted by Gasteiger charge is -2.04. The number of aryl methyl sites for hydroxylation is 1. The minimum Gasteiger partial charge on any atom is -0.469 e. The van der Waals surface area contributed by atoms with E-state index in [4.69, 9.17) is 16.0 Å². The van der Waals surface area contributed by atoms with Crippen LogP contribution in [0, 0.1) is 12.7 Å². The van der Waals surface area contributed by atoms with Crippen molar-refractivity contribution in [2.45, 2.75) is 6.92 Å². The van der Waals surface area contributed by atoms with E-state index in [-0.39, 0.29) is 5.02 Å². The lowest BCUT2D eigenvalue weighted by atomic mass is 10.2. The number of carbonyl (C=O) groups excluding carboxylic acids is 2. The molecule has 2 aromatic rings. The summed E-state index contributed by atoms with van der Waals surface area (Å²) in [4.78, 5) is 23.3. The zero-order chi connectivity index (χ0) is 16.1. The SMILES string of the molecule is Cc1occc1C(=O)NNC(=O)/C=C/c1ccc(F)c(Cl)c1. The fraction of sp³-hybridized carbons (Fsp3) is 0.0667. The Bertz CT molecular complexity index is 740. The van der Waals surface area contributed by atoms with Crippen molar-refractivity contribution in [1.29, 1.82) is 0 Å². The number of amides is 2. The zero-order valence-corrected chi connectivity index (χ0v) is 12.3. The number of hydrogen-bond acceptors (Lipinski definition) is 3. The van der Waals surface area contributed by atoms with Gasteiger partial charge in [0.05, 0.1) is 16.8 Å². The molecule has 0 fully saturated rings. The van der Waals surface area contributed by atoms with E-state index in [0.717, 1.165) is 0 Å². The number of halogens is 2. The van der Waals surface area contributed by atoms with E-state index < -0.39 is 17.6 Å². The Kier molecular flexibility index (Phi) is 4.95. The lowest BCUT2D eigenvalue weighted by Crippen LogP contribution is -2.40. The molecule has 1 heterocycles. The molecule has 114 valence electrons. The summed E-state index contributed by atoms with van der Waals surface area (Å²) < 4.78 is 18.0. The van der Waals surface area contributed by atoms with Crippen LogP contribution in [0.15, 0.2) is 41.0 Å². The molecule has 0 aliphatic carbocycles. The van der Waals surface area contributed by atoms with Gasteiger partial charge >= 0.3 is 0 Å². The number of furan rings is 1. The molecular formula is C15H12ClFN2O3. The van der Waals surface area contributed by atoms with Gasteiger partial charge in [0.2, 0.25) is 0 Å². The van der Waals surface area contributed by atoms with Gasteiger partial charge in [-0.2, -0.15) is 0 Å². The average Bonchev–Trinajstić information content (AvgIpc) is 2.92. The Morgan fingerprint density at radius 3 is 2.68 bits per heavy atom. The third-order valence-corrected chi connectivity index (χ3v) is 3.06. The van der Waals surface area contributed by atoms with Crippen LogP contribution in [0.4, 0.5) is 4.39 Å². The molecular weight excluding hydrogens is 311 g/mol. The van der Waals surface area contributed by atoms with E-state index in [1.807, 2.05) is 0 Å². The summed E-state index contributed by atoms with van der Waals surface area (Å²) in [6.45, 7) is 1.63. The summed E-state index contributed by atoms with van der Waals surface area (Å²) in [6.07, 6.45) is 4.01. The molecule has 0 saturated carbocycles. The Morgan fingerprint density at radius 2 is 2.05 bits per heavy atom. The number of benzene rings is 1. The Balaban J connectivity index is 1.90. The summed E-state index contributed by atoms with van der Waals surface area (Å²) in [6, 6.07) is 5.54. The molecule has 0 unspecified atom stereocenters. The quantitative estimate of drug-likeness (QED) is 0.674. The highest BCUT2D eigenvalue weighted by molar-refractivity contribution is 6.30. The highest BCUT2D eigenvalue weighted by Gasteiger charge is 2.11. The van der Waals surface area contributed by atoms with Gasteiger partial charge in [0.15, 0.2) is 0 Å². The molecule has 0 saturated heterocycles. The molecule has 2 N–H and O–H groups in total. The fourth-order valence-electron chi connectivity index (χ4n) is 1.64. The van der Waals surface area contributed by atoms with Crippen LogP contribution in [0.1, 0.15) is 21.7 Å².